The Bertz CT molecular complexity index is 4160. The fourth-order valence-corrected chi connectivity index (χ4v) is 16.8. The highest BCUT2D eigenvalue weighted by atomic mass is 16.3. The largest absolute Gasteiger partial charge is 0.507 e. The summed E-state index contributed by atoms with van der Waals surface area (Å²) in [4.78, 5) is 68.1. The number of hydrogen-bond donors (Lipinski definition) is 12. The maximum Gasteiger partial charge on any atom is 0.318 e. The number of carbonyl (C=O) groups excluding carboxylic acids is 4. The molecule has 20 heteroatoms. The van der Waals surface area contributed by atoms with Gasteiger partial charge in [0.1, 0.15) is 46.0 Å². The molecular weight excluding hydrogens is 1510 g/mol. The van der Waals surface area contributed by atoms with Gasteiger partial charge in [0, 0.05) is 90.3 Å². The molecule has 0 fully saturated rings. The van der Waals surface area contributed by atoms with Gasteiger partial charge >= 0.3 is 24.1 Å². The average Bonchev–Trinajstić information content (AvgIpc) is 0.732. The van der Waals surface area contributed by atoms with Gasteiger partial charge in [-0.3, -0.25) is 0 Å². The number of urea groups is 4. The summed E-state index contributed by atoms with van der Waals surface area (Å²) in [5.74, 6) is -9.07. The number of fused-ring (bicyclic) bond motifs is 8. The van der Waals surface area contributed by atoms with Crippen molar-refractivity contribution in [3.05, 3.63) is 235 Å². The van der Waals surface area contributed by atoms with Crippen LogP contribution < -0.4 is 21.3 Å². The molecule has 0 radical (unpaired) electrons. The summed E-state index contributed by atoms with van der Waals surface area (Å²) < 4.78 is 0. The summed E-state index contributed by atoms with van der Waals surface area (Å²) in [6.07, 6.45) is 0.587. The normalized spacial score (nSPS) is 16.2. The van der Waals surface area contributed by atoms with E-state index in [1.807, 2.05) is 287 Å². The van der Waals surface area contributed by atoms with Gasteiger partial charge in [0.15, 0.2) is 0 Å². The Kier molecular flexibility index (Phi) is 29.4. The van der Waals surface area contributed by atoms with E-state index in [0.717, 1.165) is 22.3 Å². The van der Waals surface area contributed by atoms with Crippen LogP contribution in [-0.2, 0) is 26.2 Å². The van der Waals surface area contributed by atoms with Crippen molar-refractivity contribution in [2.45, 2.75) is 288 Å². The third-order valence-electron chi connectivity index (χ3n) is 22.8. The minimum atomic E-state index is -1.13. The third kappa shape index (κ3) is 22.2. The van der Waals surface area contributed by atoms with Gasteiger partial charge in [-0.2, -0.15) is 0 Å². The van der Waals surface area contributed by atoms with Gasteiger partial charge in [-0.15, -0.1) is 0 Å². The van der Waals surface area contributed by atoms with Gasteiger partial charge in [0.25, 0.3) is 0 Å². The van der Waals surface area contributed by atoms with E-state index in [2.05, 4.69) is 21.3 Å². The molecule has 0 unspecified atom stereocenters. The summed E-state index contributed by atoms with van der Waals surface area (Å²) in [5.41, 5.74) is 0.809. The van der Waals surface area contributed by atoms with E-state index in [4.69, 9.17) is 0 Å². The number of aromatic hydroxyl groups is 8. The molecule has 0 aliphatic heterocycles. The fraction of sp³-hybridized carbons (Fsp3) is 0.480. The van der Waals surface area contributed by atoms with Crippen molar-refractivity contribution in [1.29, 1.82) is 0 Å². The van der Waals surface area contributed by atoms with Crippen LogP contribution in [0.4, 0.5) is 19.2 Å². The van der Waals surface area contributed by atoms with E-state index in [1.54, 1.807) is 43.9 Å². The monoisotopic (exact) mass is 1640 g/mol. The molecule has 0 spiro atoms. The van der Waals surface area contributed by atoms with Crippen LogP contribution in [0.25, 0.3) is 0 Å². The van der Waals surface area contributed by atoms with Crippen LogP contribution in [0.5, 0.6) is 46.0 Å². The maximum absolute atomic E-state index is 15.5. The number of phenolic OH excluding ortho intramolecular Hbond substituents is 8. The average molecular weight is 1640 g/mol. The van der Waals surface area contributed by atoms with Gasteiger partial charge in [-0.05, 0) is 207 Å². The van der Waals surface area contributed by atoms with E-state index in [9.17, 15) is 40.9 Å². The van der Waals surface area contributed by atoms with Gasteiger partial charge in [0.2, 0.25) is 0 Å². The van der Waals surface area contributed by atoms with Crippen LogP contribution in [0.2, 0.25) is 0 Å². The zero-order valence-corrected chi connectivity index (χ0v) is 75.4. The molecular formula is C100H136N8O12. The molecule has 20 nitrogen and oxygen atoms in total. The first-order valence-electron chi connectivity index (χ1n) is 42.8. The molecule has 0 saturated heterocycles. The van der Waals surface area contributed by atoms with E-state index in [1.165, 1.54) is 0 Å². The Hall–Kier alpha value is -10.8. The summed E-state index contributed by atoms with van der Waals surface area (Å²) in [7, 11) is 0. The smallest absolute Gasteiger partial charge is 0.318 e. The molecule has 4 atom stereocenters. The number of amides is 8. The van der Waals surface area contributed by atoms with E-state index in [-0.39, 0.29) is 116 Å². The minimum Gasteiger partial charge on any atom is -0.507 e. The standard InChI is InChI=1S/C100H136N8O12/c1-57(2)45-69-73-49-75(87(111)81(85(73)109)53-105(93(117)101-97(13,14)15)61(9)65-37-29-25-30-38-65)70(46-58(3)4)77-51-79(91(115)83(89(77)113)55-107(95(119)103-99(19,20)21)63(11)67-41-33-27-34-42-67)72(48-60(7)8)80-52-78(90(114)84(92(80)116)56-108(96(120)104-100(22,23)24)64(12)68-43-35-28-36-44-68)71(47-59(5)6)76-50-74(69)86(110)82(88(76)112)54-106(94(118)102-98(16,17)18)62(10)66-39-31-26-32-40-66/h25-44,49-52,57-64,69-72,109-116H,45-48,53-56H2,1-24H3,(H,101,117)(H,102,118)(H,103,119)(H,104,120)/t61-,62-,63-,64-,69?,70?,71?,72?/m1/s1. The fourth-order valence-electron chi connectivity index (χ4n) is 16.8. The summed E-state index contributed by atoms with van der Waals surface area (Å²) in [6, 6.07) is 39.5. The van der Waals surface area contributed by atoms with Crippen molar-refractivity contribution in [2.75, 3.05) is 0 Å². The Labute approximate surface area is 713 Å². The van der Waals surface area contributed by atoms with Crippen LogP contribution in [0.3, 0.4) is 0 Å². The van der Waals surface area contributed by atoms with Crippen molar-refractivity contribution in [3.63, 3.8) is 0 Å². The quantitative estimate of drug-likeness (QED) is 0.0269. The molecule has 1 aliphatic carbocycles. The second-order valence-electron chi connectivity index (χ2n) is 39.2. The van der Waals surface area contributed by atoms with Crippen molar-refractivity contribution in [2.24, 2.45) is 23.7 Å². The highest BCUT2D eigenvalue weighted by molar-refractivity contribution is 5.79. The lowest BCUT2D eigenvalue weighted by Crippen LogP contribution is -2.49. The maximum atomic E-state index is 15.5. The number of rotatable bonds is 24. The molecule has 12 N–H and O–H groups in total. The molecule has 648 valence electrons. The predicted octanol–water partition coefficient (Wildman–Crippen LogP) is 22.6. The molecule has 8 bridgehead atoms. The summed E-state index contributed by atoms with van der Waals surface area (Å²) in [6.45, 7) is 44.0. The molecule has 0 saturated carbocycles. The molecule has 0 aromatic heterocycles. The van der Waals surface area contributed by atoms with Crippen molar-refractivity contribution in [1.82, 2.24) is 40.9 Å². The van der Waals surface area contributed by atoms with Crippen LogP contribution in [0.15, 0.2) is 146 Å². The summed E-state index contributed by atoms with van der Waals surface area (Å²) >= 11 is 0. The van der Waals surface area contributed by atoms with Gasteiger partial charge in [-0.25, -0.2) is 19.2 Å². The van der Waals surface area contributed by atoms with Crippen LogP contribution in [0.1, 0.15) is 329 Å². The molecule has 0 heterocycles. The highest BCUT2D eigenvalue weighted by Crippen LogP contribution is 2.58. The first-order chi connectivity index (χ1) is 56.0. The molecule has 1 aliphatic rings. The third-order valence-corrected chi connectivity index (χ3v) is 22.8. The Morgan fingerprint density at radius 2 is 0.408 bits per heavy atom. The molecule has 8 amide bonds. The summed E-state index contributed by atoms with van der Waals surface area (Å²) in [5, 5.41) is 126. The minimum absolute atomic E-state index is 0.0849. The van der Waals surface area contributed by atoms with Gasteiger partial charge in [-0.1, -0.05) is 177 Å². The highest BCUT2D eigenvalue weighted by Gasteiger charge is 2.42. The van der Waals surface area contributed by atoms with Crippen LogP contribution >= 0.6 is 0 Å². The first kappa shape index (κ1) is 93.1. The molecule has 120 heavy (non-hydrogen) atoms. The lowest BCUT2D eigenvalue weighted by Gasteiger charge is -2.36. The lowest BCUT2D eigenvalue weighted by molar-refractivity contribution is 0.164. The Morgan fingerprint density at radius 3 is 0.533 bits per heavy atom. The second kappa shape index (κ2) is 37.9. The number of hydrogen-bond acceptors (Lipinski definition) is 12. The van der Waals surface area contributed by atoms with Crippen molar-refractivity contribution in [3.8, 4) is 46.0 Å². The van der Waals surface area contributed by atoms with E-state index >= 15 is 19.2 Å². The Morgan fingerprint density at radius 1 is 0.267 bits per heavy atom. The Balaban J connectivity index is 1.58. The van der Waals surface area contributed by atoms with Crippen LogP contribution in [-0.4, -0.2) is 107 Å². The number of nitrogens with zero attached hydrogens (tertiary/aromatic N) is 4. The predicted molar refractivity (Wildman–Crippen MR) is 479 cm³/mol. The zero-order chi connectivity index (χ0) is 88.9. The molecule has 9 rings (SSSR count). The van der Waals surface area contributed by atoms with Crippen molar-refractivity contribution < 1.29 is 60.0 Å². The van der Waals surface area contributed by atoms with Crippen molar-refractivity contribution >= 4 is 24.1 Å². The molecule has 8 aromatic carbocycles. The number of benzene rings is 8. The SMILES string of the molecule is CC(C)CC1c2cc(c(O)c(CN(C(=O)NC(C)(C)C)[C@H](C)c3ccccc3)c2O)C(CC(C)C)c2cc(c(O)c(CN(C(=O)NC(C)(C)C)[C@H](C)c3ccccc3)c2O)C(CC(C)C)c2cc(c(O)c(CN(C(=O)NC(C)(C)C)[C@H](C)c3ccccc3)c2O)C(CC(C)C)c2cc1c(O)c(CN(C(=O)NC(C)(C)C)[C@H](C)c1ccccc1)c2O. The lowest BCUT2D eigenvalue weighted by atomic mass is 9.73. The van der Waals surface area contributed by atoms with Gasteiger partial charge < -0.3 is 81.7 Å². The number of carbonyl (C=O) groups is 4. The number of phenols is 8. The molecule has 8 aromatic rings. The van der Waals surface area contributed by atoms with Crippen LogP contribution in [0, 0.1) is 23.7 Å². The number of nitrogens with one attached hydrogen (secondary N) is 4. The topological polar surface area (TPSA) is 291 Å². The first-order valence-corrected chi connectivity index (χ1v) is 42.8. The van der Waals surface area contributed by atoms with E-state index < -0.39 is 166 Å². The van der Waals surface area contributed by atoms with E-state index in [0.29, 0.717) is 0 Å². The zero-order valence-electron chi connectivity index (χ0n) is 75.4. The second-order valence-corrected chi connectivity index (χ2v) is 39.2. The van der Waals surface area contributed by atoms with Gasteiger partial charge in [0.05, 0.1) is 72.6 Å².